The molecule has 0 radical (unpaired) electrons. The molecule has 1 aliphatic rings. The first-order valence-electron chi connectivity index (χ1n) is 7.84. The van der Waals surface area contributed by atoms with Gasteiger partial charge in [-0.15, -0.1) is 0 Å². The number of carbonyl (C=O) groups is 1. The number of hydrogen-bond acceptors (Lipinski definition) is 3. The van der Waals surface area contributed by atoms with Crippen molar-refractivity contribution in [3.05, 3.63) is 35.7 Å². The van der Waals surface area contributed by atoms with Crippen molar-refractivity contribution in [2.24, 2.45) is 14.1 Å². The van der Waals surface area contributed by atoms with Crippen molar-refractivity contribution in [2.45, 2.75) is 38.6 Å². The molecule has 1 unspecified atom stereocenters. The average molecular weight is 301 g/mol. The Morgan fingerprint density at radius 3 is 2.86 bits per heavy atom. The number of hydrogen-bond donors (Lipinski definition) is 0. The smallest absolute Gasteiger partial charge is 0.272 e. The standard InChI is InChI=1S/C16H23N5O/c1-12-11-17-15(19(12)2)7-6-13-5-4-10-21(13)16(22)14-8-9-18-20(14)3/h8-9,11,13H,4-7,10H2,1-3H3. The quantitative estimate of drug-likeness (QED) is 0.863. The molecule has 0 bridgehead atoms. The maximum Gasteiger partial charge on any atom is 0.272 e. The zero-order valence-corrected chi connectivity index (χ0v) is 13.5. The van der Waals surface area contributed by atoms with Crippen LogP contribution in [0.15, 0.2) is 18.5 Å². The Morgan fingerprint density at radius 2 is 2.23 bits per heavy atom. The predicted octanol–water partition coefficient (Wildman–Crippen LogP) is 1.70. The largest absolute Gasteiger partial charge is 0.335 e. The summed E-state index contributed by atoms with van der Waals surface area (Å²) in [6.07, 6.45) is 7.61. The summed E-state index contributed by atoms with van der Waals surface area (Å²) >= 11 is 0. The summed E-state index contributed by atoms with van der Waals surface area (Å²) in [5.41, 5.74) is 1.84. The van der Waals surface area contributed by atoms with Crippen LogP contribution in [0.2, 0.25) is 0 Å². The van der Waals surface area contributed by atoms with Crippen molar-refractivity contribution in [1.29, 1.82) is 0 Å². The Balaban J connectivity index is 1.67. The zero-order chi connectivity index (χ0) is 15.7. The van der Waals surface area contributed by atoms with Crippen molar-refractivity contribution in [3.8, 4) is 0 Å². The van der Waals surface area contributed by atoms with Crippen LogP contribution in [0.1, 0.15) is 41.3 Å². The Bertz CT molecular complexity index is 672. The van der Waals surface area contributed by atoms with E-state index in [1.165, 1.54) is 5.69 Å². The second-order valence-corrected chi connectivity index (χ2v) is 6.05. The van der Waals surface area contributed by atoms with Crippen LogP contribution >= 0.6 is 0 Å². The van der Waals surface area contributed by atoms with E-state index in [0.717, 1.165) is 38.1 Å². The van der Waals surface area contributed by atoms with Gasteiger partial charge in [0.05, 0.1) is 0 Å². The molecule has 0 spiro atoms. The number of nitrogens with zero attached hydrogens (tertiary/aromatic N) is 5. The lowest BCUT2D eigenvalue weighted by molar-refractivity contribution is 0.0719. The molecule has 3 heterocycles. The van der Waals surface area contributed by atoms with Crippen molar-refractivity contribution < 1.29 is 4.79 Å². The number of imidazole rings is 1. The van der Waals surface area contributed by atoms with E-state index in [-0.39, 0.29) is 5.91 Å². The van der Waals surface area contributed by atoms with Gasteiger partial charge in [-0.2, -0.15) is 5.10 Å². The van der Waals surface area contributed by atoms with E-state index < -0.39 is 0 Å². The number of aromatic nitrogens is 4. The van der Waals surface area contributed by atoms with Crippen molar-refractivity contribution >= 4 is 5.91 Å². The van der Waals surface area contributed by atoms with Crippen molar-refractivity contribution in [3.63, 3.8) is 0 Å². The lowest BCUT2D eigenvalue weighted by Gasteiger charge is -2.24. The highest BCUT2D eigenvalue weighted by atomic mass is 16.2. The molecule has 118 valence electrons. The molecule has 1 atom stereocenters. The SMILES string of the molecule is Cc1cnc(CCC2CCCN2C(=O)c2ccnn2C)n1C. The lowest BCUT2D eigenvalue weighted by atomic mass is 10.1. The van der Waals surface area contributed by atoms with Crippen LogP contribution in [-0.4, -0.2) is 42.7 Å². The van der Waals surface area contributed by atoms with Gasteiger partial charge in [0.25, 0.3) is 5.91 Å². The summed E-state index contributed by atoms with van der Waals surface area (Å²) in [6.45, 7) is 2.90. The lowest BCUT2D eigenvalue weighted by Crippen LogP contribution is -2.37. The van der Waals surface area contributed by atoms with Crippen molar-refractivity contribution in [2.75, 3.05) is 6.54 Å². The third-order valence-corrected chi connectivity index (χ3v) is 4.70. The van der Waals surface area contributed by atoms with E-state index in [2.05, 4.69) is 21.6 Å². The summed E-state index contributed by atoms with van der Waals surface area (Å²) in [7, 11) is 3.86. The van der Waals surface area contributed by atoms with E-state index in [9.17, 15) is 4.79 Å². The van der Waals surface area contributed by atoms with Crippen LogP contribution in [-0.2, 0) is 20.5 Å². The highest BCUT2D eigenvalue weighted by Gasteiger charge is 2.30. The number of rotatable bonds is 4. The van der Waals surface area contributed by atoms with E-state index in [1.807, 2.05) is 25.2 Å². The van der Waals surface area contributed by atoms with E-state index in [1.54, 1.807) is 16.9 Å². The Labute approximate surface area is 130 Å². The first kappa shape index (κ1) is 14.8. The fourth-order valence-electron chi connectivity index (χ4n) is 3.21. The van der Waals surface area contributed by atoms with Crippen molar-refractivity contribution in [1.82, 2.24) is 24.2 Å². The van der Waals surface area contributed by atoms with Gasteiger partial charge in [0.2, 0.25) is 0 Å². The molecule has 2 aromatic heterocycles. The van der Waals surface area contributed by atoms with Gasteiger partial charge in [0.1, 0.15) is 11.5 Å². The van der Waals surface area contributed by atoms with Gasteiger partial charge in [0, 0.05) is 51.2 Å². The molecule has 1 saturated heterocycles. The summed E-state index contributed by atoms with van der Waals surface area (Å²) in [6, 6.07) is 2.10. The van der Waals surface area contributed by atoms with E-state index in [4.69, 9.17) is 0 Å². The molecule has 3 rings (SSSR count). The average Bonchev–Trinajstić information content (AvgIpc) is 3.20. The van der Waals surface area contributed by atoms with Gasteiger partial charge in [-0.05, 0) is 32.3 Å². The van der Waals surface area contributed by atoms with E-state index >= 15 is 0 Å². The summed E-state index contributed by atoms with van der Waals surface area (Å²) < 4.78 is 3.78. The molecular formula is C16H23N5O. The minimum atomic E-state index is 0.0959. The number of amides is 1. The first-order chi connectivity index (χ1) is 10.6. The van der Waals surface area contributed by atoms with Crippen LogP contribution in [0.3, 0.4) is 0 Å². The second kappa shape index (κ2) is 5.94. The molecule has 2 aromatic rings. The minimum Gasteiger partial charge on any atom is -0.335 e. The highest BCUT2D eigenvalue weighted by Crippen LogP contribution is 2.23. The van der Waals surface area contributed by atoms with Gasteiger partial charge < -0.3 is 9.47 Å². The van der Waals surface area contributed by atoms with Crippen LogP contribution in [0, 0.1) is 6.92 Å². The van der Waals surface area contributed by atoms with Crippen LogP contribution < -0.4 is 0 Å². The molecule has 22 heavy (non-hydrogen) atoms. The van der Waals surface area contributed by atoms with Gasteiger partial charge in [-0.25, -0.2) is 4.98 Å². The molecule has 0 N–H and O–H groups in total. The molecule has 0 saturated carbocycles. The zero-order valence-electron chi connectivity index (χ0n) is 13.5. The van der Waals surface area contributed by atoms with Crippen LogP contribution in [0.5, 0.6) is 0 Å². The number of carbonyl (C=O) groups excluding carboxylic acids is 1. The predicted molar refractivity (Wildman–Crippen MR) is 83.5 cm³/mol. The minimum absolute atomic E-state index is 0.0959. The number of aryl methyl sites for hydroxylation is 3. The first-order valence-corrected chi connectivity index (χ1v) is 7.84. The Hall–Kier alpha value is -2.11. The van der Waals surface area contributed by atoms with Crippen LogP contribution in [0.25, 0.3) is 0 Å². The molecule has 1 fully saturated rings. The topological polar surface area (TPSA) is 56.0 Å². The third kappa shape index (κ3) is 2.65. The summed E-state index contributed by atoms with van der Waals surface area (Å²) in [5.74, 6) is 1.19. The highest BCUT2D eigenvalue weighted by molar-refractivity contribution is 5.92. The molecule has 6 heteroatoms. The fraction of sp³-hybridized carbons (Fsp3) is 0.562. The van der Waals surface area contributed by atoms with Crippen LogP contribution in [0.4, 0.5) is 0 Å². The second-order valence-electron chi connectivity index (χ2n) is 6.05. The van der Waals surface area contributed by atoms with Gasteiger partial charge in [0.15, 0.2) is 0 Å². The monoisotopic (exact) mass is 301 g/mol. The maximum atomic E-state index is 12.7. The Morgan fingerprint density at radius 1 is 1.41 bits per heavy atom. The fourth-order valence-corrected chi connectivity index (χ4v) is 3.21. The number of likely N-dealkylation sites (tertiary alicyclic amines) is 1. The molecule has 6 nitrogen and oxygen atoms in total. The molecule has 1 aliphatic heterocycles. The third-order valence-electron chi connectivity index (χ3n) is 4.70. The molecule has 0 aromatic carbocycles. The molecular weight excluding hydrogens is 278 g/mol. The van der Waals surface area contributed by atoms with Gasteiger partial charge in [-0.1, -0.05) is 0 Å². The summed E-state index contributed by atoms with van der Waals surface area (Å²) in [4.78, 5) is 19.1. The van der Waals surface area contributed by atoms with Gasteiger partial charge >= 0.3 is 0 Å². The summed E-state index contributed by atoms with van der Waals surface area (Å²) in [5, 5.41) is 4.10. The maximum absolute atomic E-state index is 12.7. The Kier molecular flexibility index (Phi) is 4.00. The molecule has 0 aliphatic carbocycles. The van der Waals surface area contributed by atoms with Gasteiger partial charge in [-0.3, -0.25) is 9.48 Å². The van der Waals surface area contributed by atoms with E-state index in [0.29, 0.717) is 11.7 Å². The normalized spacial score (nSPS) is 18.1. The molecule has 1 amide bonds.